The van der Waals surface area contributed by atoms with E-state index in [4.69, 9.17) is 8.83 Å². The van der Waals surface area contributed by atoms with E-state index in [1.54, 1.807) is 12.8 Å². The van der Waals surface area contributed by atoms with Gasteiger partial charge in [-0.05, 0) is 67.0 Å². The van der Waals surface area contributed by atoms with Crippen molar-refractivity contribution in [2.75, 3.05) is 11.4 Å². The zero-order valence-corrected chi connectivity index (χ0v) is 26.0. The van der Waals surface area contributed by atoms with Crippen LogP contribution in [0.1, 0.15) is 29.2 Å². The van der Waals surface area contributed by atoms with Gasteiger partial charge in [0, 0.05) is 65.5 Å². The number of anilines is 1. The second-order valence-electron chi connectivity index (χ2n) is 12.0. The summed E-state index contributed by atoms with van der Waals surface area (Å²) in [6, 6.07) is 36.1. The van der Waals surface area contributed by atoms with Gasteiger partial charge >= 0.3 is 12.8 Å². The molecule has 4 aromatic carbocycles. The third kappa shape index (κ3) is 5.28. The lowest BCUT2D eigenvalue weighted by atomic mass is 9.94. The van der Waals surface area contributed by atoms with Crippen molar-refractivity contribution < 1.29 is 22.5 Å². The van der Waals surface area contributed by atoms with Crippen molar-refractivity contribution in [3.63, 3.8) is 0 Å². The SMILES string of the molecule is CC1=CN(c2ccc(C[n+]3coc4ccccc43)cc2)CC=C1c1cc[n+](-c2ccc(C[n+]3coc4ccccc43)cc2)cc1C. The van der Waals surface area contributed by atoms with Crippen molar-refractivity contribution in [3.8, 4) is 5.69 Å². The van der Waals surface area contributed by atoms with Crippen molar-refractivity contribution in [1.29, 1.82) is 0 Å². The van der Waals surface area contributed by atoms with Crippen molar-refractivity contribution in [2.45, 2.75) is 26.9 Å². The number of benzene rings is 4. The summed E-state index contributed by atoms with van der Waals surface area (Å²) in [6.45, 7) is 6.76. The second kappa shape index (κ2) is 11.6. The molecule has 0 N–H and O–H groups in total. The van der Waals surface area contributed by atoms with E-state index in [0.29, 0.717) is 0 Å². The van der Waals surface area contributed by atoms with Gasteiger partial charge in [0.05, 0.1) is 0 Å². The highest BCUT2D eigenvalue weighted by molar-refractivity contribution is 5.82. The van der Waals surface area contributed by atoms with Gasteiger partial charge in [-0.1, -0.05) is 42.5 Å². The number of para-hydroxylation sites is 4. The summed E-state index contributed by atoms with van der Waals surface area (Å²) < 4.78 is 17.9. The minimum absolute atomic E-state index is 0.767. The lowest BCUT2D eigenvalue weighted by molar-refractivity contribution is -0.667. The summed E-state index contributed by atoms with van der Waals surface area (Å²) in [5.74, 6) is 0. The van der Waals surface area contributed by atoms with Crippen LogP contribution in [0.2, 0.25) is 0 Å². The molecule has 0 radical (unpaired) electrons. The number of pyridine rings is 1. The number of hydrogen-bond donors (Lipinski definition) is 0. The number of aryl methyl sites for hydroxylation is 1. The van der Waals surface area contributed by atoms with Gasteiger partial charge in [0.2, 0.25) is 16.9 Å². The molecular formula is C40H35N4O2+3. The normalized spacial score (nSPS) is 13.3. The Morgan fingerprint density at radius 2 is 1.26 bits per heavy atom. The first-order valence-corrected chi connectivity index (χ1v) is 15.7. The van der Waals surface area contributed by atoms with E-state index >= 15 is 0 Å². The number of aromatic nitrogens is 3. The lowest BCUT2D eigenvalue weighted by Crippen LogP contribution is -2.33. The van der Waals surface area contributed by atoms with E-state index in [2.05, 4.69) is 124 Å². The zero-order valence-electron chi connectivity index (χ0n) is 26.0. The van der Waals surface area contributed by atoms with Crippen LogP contribution in [0, 0.1) is 6.92 Å². The molecule has 0 aliphatic carbocycles. The lowest BCUT2D eigenvalue weighted by Gasteiger charge is -2.26. The molecule has 0 atom stereocenters. The first-order chi connectivity index (χ1) is 22.6. The molecule has 1 aliphatic heterocycles. The molecule has 0 bridgehead atoms. The van der Waals surface area contributed by atoms with Gasteiger partial charge in [-0.25, -0.2) is 0 Å². The first kappa shape index (κ1) is 27.8. The molecule has 4 heterocycles. The fourth-order valence-corrected chi connectivity index (χ4v) is 6.43. The third-order valence-corrected chi connectivity index (χ3v) is 8.89. The molecule has 0 spiro atoms. The molecule has 6 nitrogen and oxygen atoms in total. The largest absolute Gasteiger partial charge is 0.404 e. The van der Waals surface area contributed by atoms with Gasteiger partial charge in [-0.3, -0.25) is 0 Å². The number of fused-ring (bicyclic) bond motifs is 2. The Bertz CT molecular complexity index is 2260. The molecule has 0 fully saturated rings. The predicted molar refractivity (Wildman–Crippen MR) is 179 cm³/mol. The number of hydrogen-bond acceptors (Lipinski definition) is 3. The molecule has 7 aromatic rings. The average molecular weight is 604 g/mol. The molecule has 224 valence electrons. The maximum Gasteiger partial charge on any atom is 0.335 e. The van der Waals surface area contributed by atoms with Crippen LogP contribution in [0.25, 0.3) is 33.5 Å². The Labute approximate surface area is 268 Å². The number of allylic oxidation sites excluding steroid dienone is 2. The summed E-state index contributed by atoms with van der Waals surface area (Å²) in [4.78, 5) is 2.31. The zero-order chi connectivity index (χ0) is 31.0. The summed E-state index contributed by atoms with van der Waals surface area (Å²) in [6.07, 6.45) is 12.6. The van der Waals surface area contributed by atoms with Gasteiger partial charge in [-0.15, -0.1) is 0 Å². The molecule has 0 amide bonds. The van der Waals surface area contributed by atoms with Crippen molar-refractivity contribution in [2.24, 2.45) is 0 Å². The minimum atomic E-state index is 0.767. The molecule has 0 saturated carbocycles. The fraction of sp³-hybridized carbons (Fsp3) is 0.125. The van der Waals surface area contributed by atoms with E-state index < -0.39 is 0 Å². The van der Waals surface area contributed by atoms with Crippen LogP contribution in [-0.2, 0) is 13.1 Å². The molecule has 8 rings (SSSR count). The Kier molecular flexibility index (Phi) is 7.03. The smallest absolute Gasteiger partial charge is 0.335 e. The minimum Gasteiger partial charge on any atom is -0.404 e. The number of oxazole rings is 2. The summed E-state index contributed by atoms with van der Waals surface area (Å²) in [5.41, 5.74) is 13.9. The van der Waals surface area contributed by atoms with E-state index in [1.807, 2.05) is 36.4 Å². The van der Waals surface area contributed by atoms with Crippen molar-refractivity contribution >= 4 is 33.5 Å². The van der Waals surface area contributed by atoms with Gasteiger partial charge in [0.25, 0.3) is 11.0 Å². The second-order valence-corrected chi connectivity index (χ2v) is 12.0. The van der Waals surface area contributed by atoms with Crippen LogP contribution in [-0.4, -0.2) is 6.54 Å². The van der Waals surface area contributed by atoms with Crippen molar-refractivity contribution in [1.82, 2.24) is 0 Å². The van der Waals surface area contributed by atoms with E-state index in [-0.39, 0.29) is 0 Å². The van der Waals surface area contributed by atoms with Crippen LogP contribution >= 0.6 is 0 Å². The molecule has 3 aromatic heterocycles. The average Bonchev–Trinajstić information content (AvgIpc) is 3.70. The molecule has 1 aliphatic rings. The Morgan fingerprint density at radius 1 is 0.674 bits per heavy atom. The number of nitrogens with zero attached hydrogens (tertiary/aromatic N) is 4. The highest BCUT2D eigenvalue weighted by atomic mass is 16.3. The van der Waals surface area contributed by atoms with Crippen LogP contribution in [0.4, 0.5) is 5.69 Å². The van der Waals surface area contributed by atoms with Gasteiger partial charge in [-0.2, -0.15) is 13.7 Å². The summed E-state index contributed by atoms with van der Waals surface area (Å²) in [5, 5.41) is 0. The van der Waals surface area contributed by atoms with E-state index in [1.165, 1.54) is 39.1 Å². The monoisotopic (exact) mass is 603 g/mol. The summed E-state index contributed by atoms with van der Waals surface area (Å²) >= 11 is 0. The van der Waals surface area contributed by atoms with Crippen LogP contribution < -0.4 is 18.6 Å². The fourth-order valence-electron chi connectivity index (χ4n) is 6.43. The highest BCUT2D eigenvalue weighted by Gasteiger charge is 2.19. The standard InChI is InChI=1S/C40H35N4O2/c1-29-23-41(33-15-11-31(12-16-33)25-43-27-45-39-9-5-3-7-37(39)43)21-19-35(29)36-20-22-42(24-30(36)2)34-17-13-32(14-18-34)26-44-28-46-40-10-6-4-8-38(40)44/h3-21,23-24,27-28H,22,25-26H2,1-2H3/q+3. The van der Waals surface area contributed by atoms with Gasteiger partial charge in [0.1, 0.15) is 0 Å². The maximum absolute atomic E-state index is 5.70. The van der Waals surface area contributed by atoms with Gasteiger partial charge in [0.15, 0.2) is 25.5 Å². The molecule has 6 heteroatoms. The Balaban J connectivity index is 0.943. The quantitative estimate of drug-likeness (QED) is 0.180. The Hall–Kier alpha value is -5.75. The topological polar surface area (TPSA) is 41.2 Å². The number of rotatable bonds is 7. The predicted octanol–water partition coefficient (Wildman–Crippen LogP) is 7.24. The maximum atomic E-state index is 5.70. The summed E-state index contributed by atoms with van der Waals surface area (Å²) in [7, 11) is 0. The first-order valence-electron chi connectivity index (χ1n) is 15.7. The molecule has 0 saturated heterocycles. The third-order valence-electron chi connectivity index (χ3n) is 8.89. The Morgan fingerprint density at radius 3 is 1.85 bits per heavy atom. The van der Waals surface area contributed by atoms with E-state index in [9.17, 15) is 0 Å². The van der Waals surface area contributed by atoms with Gasteiger partial charge < -0.3 is 13.7 Å². The molecular weight excluding hydrogens is 568 g/mol. The molecule has 0 unspecified atom stereocenters. The van der Waals surface area contributed by atoms with E-state index in [0.717, 1.165) is 47.5 Å². The van der Waals surface area contributed by atoms with Crippen LogP contribution in [0.15, 0.2) is 155 Å². The highest BCUT2D eigenvalue weighted by Crippen LogP contribution is 2.30. The van der Waals surface area contributed by atoms with Crippen LogP contribution in [0.3, 0.4) is 0 Å². The molecule has 46 heavy (non-hydrogen) atoms. The van der Waals surface area contributed by atoms with Crippen LogP contribution in [0.5, 0.6) is 0 Å². The van der Waals surface area contributed by atoms with Crippen molar-refractivity contribution in [3.05, 3.63) is 168 Å².